The van der Waals surface area contributed by atoms with E-state index in [1.54, 1.807) is 0 Å². The molecule has 0 radical (unpaired) electrons. The van der Waals surface area contributed by atoms with Crippen molar-refractivity contribution in [3.8, 4) is 22.6 Å². The van der Waals surface area contributed by atoms with Crippen molar-refractivity contribution in [1.29, 1.82) is 0 Å². The average molecular weight is 526 g/mol. The molecule has 0 aliphatic heterocycles. The number of benzene rings is 2. The largest absolute Gasteiger partial charge is 0.438 e. The van der Waals surface area contributed by atoms with Crippen LogP contribution in [0.15, 0.2) is 75.2 Å². The summed E-state index contributed by atoms with van der Waals surface area (Å²) in [6.45, 7) is 10.1. The predicted octanol–water partition coefficient (Wildman–Crippen LogP) is 5.26. The Morgan fingerprint density at radius 2 is 1.38 bits per heavy atom. The summed E-state index contributed by atoms with van der Waals surface area (Å²) in [5.74, 6) is 8.94. The fourth-order valence-electron chi connectivity index (χ4n) is 3.61. The summed E-state index contributed by atoms with van der Waals surface area (Å²) in [4.78, 5) is 22.8. The van der Waals surface area contributed by atoms with Gasteiger partial charge in [0.2, 0.25) is 17.8 Å². The molecular formula is C29H35N9O. The van der Waals surface area contributed by atoms with Gasteiger partial charge >= 0.3 is 0 Å². The lowest BCUT2D eigenvalue weighted by Crippen LogP contribution is -2.19. The second-order valence-corrected chi connectivity index (χ2v) is 9.86. The van der Waals surface area contributed by atoms with Gasteiger partial charge < -0.3 is 20.9 Å². The molecule has 10 nitrogen and oxygen atoms in total. The van der Waals surface area contributed by atoms with Gasteiger partial charge in [0.15, 0.2) is 11.6 Å². The molecule has 0 fully saturated rings. The minimum absolute atomic E-state index is 0.188. The lowest BCUT2D eigenvalue weighted by atomic mass is 10.1. The number of rotatable bonds is 12. The minimum Gasteiger partial charge on any atom is -0.438 e. The molecule has 0 aliphatic carbocycles. The zero-order valence-electron chi connectivity index (χ0n) is 22.8. The van der Waals surface area contributed by atoms with Crippen LogP contribution in [-0.2, 0) is 6.54 Å². The van der Waals surface area contributed by atoms with Crippen LogP contribution < -0.4 is 16.5 Å². The summed E-state index contributed by atoms with van der Waals surface area (Å²) < 4.78 is 6.17. The topological polar surface area (TPSA) is 140 Å². The van der Waals surface area contributed by atoms with E-state index >= 15 is 0 Å². The zero-order chi connectivity index (χ0) is 27.6. The standard InChI is InChI=1S/C29H35N9O/c1-19(2)15-32-28-35-27(36-29(37-28)33-16-20(3)4)23(38-30)17-31-18-24-34-25(21-11-7-5-8-12-21)26(39-24)22-13-9-6-10-14-22/h5-14,17,19-20H,15-16,18,30H2,1-4H3,(H2,32,33,35,36,37). The number of nitrogens with two attached hydrogens (primary N) is 1. The van der Waals surface area contributed by atoms with Crippen LogP contribution in [0.4, 0.5) is 11.9 Å². The highest BCUT2D eigenvalue weighted by molar-refractivity contribution is 6.37. The Kier molecular flexibility index (Phi) is 9.34. The Labute approximate surface area is 228 Å². The van der Waals surface area contributed by atoms with E-state index in [9.17, 15) is 0 Å². The van der Waals surface area contributed by atoms with Crippen LogP contribution in [0.5, 0.6) is 0 Å². The van der Waals surface area contributed by atoms with Crippen LogP contribution in [-0.4, -0.2) is 45.0 Å². The van der Waals surface area contributed by atoms with Crippen molar-refractivity contribution in [1.82, 2.24) is 19.9 Å². The van der Waals surface area contributed by atoms with E-state index in [4.69, 9.17) is 15.2 Å². The number of hydrogen-bond acceptors (Lipinski definition) is 10. The highest BCUT2D eigenvalue weighted by atomic mass is 16.4. The SMILES string of the molecule is CC(C)CNc1nc(NCC(C)C)nc(C(C=NCc2nc(-c3ccccc3)c(-c3ccccc3)o2)=NN)n1. The van der Waals surface area contributed by atoms with Gasteiger partial charge in [-0.1, -0.05) is 88.4 Å². The molecule has 10 heteroatoms. The third-order valence-electron chi connectivity index (χ3n) is 5.54. The molecule has 2 aromatic carbocycles. The summed E-state index contributed by atoms with van der Waals surface area (Å²) >= 11 is 0. The van der Waals surface area contributed by atoms with Gasteiger partial charge in [0.1, 0.15) is 18.0 Å². The van der Waals surface area contributed by atoms with E-state index < -0.39 is 0 Å². The molecule has 0 spiro atoms. The van der Waals surface area contributed by atoms with E-state index in [1.807, 2.05) is 60.7 Å². The van der Waals surface area contributed by atoms with E-state index in [2.05, 4.69) is 63.4 Å². The Hall–Kier alpha value is -4.60. The molecular weight excluding hydrogens is 490 g/mol. The van der Waals surface area contributed by atoms with Crippen LogP contribution in [0.3, 0.4) is 0 Å². The Balaban J connectivity index is 1.58. The average Bonchev–Trinajstić information content (AvgIpc) is 3.38. The van der Waals surface area contributed by atoms with Crippen molar-refractivity contribution in [2.75, 3.05) is 23.7 Å². The third-order valence-corrected chi connectivity index (χ3v) is 5.54. The summed E-state index contributed by atoms with van der Waals surface area (Å²) in [6, 6.07) is 19.8. The fraction of sp³-hybridized carbons (Fsp3) is 0.310. The molecule has 0 saturated carbocycles. The molecule has 0 unspecified atom stereocenters. The Morgan fingerprint density at radius 3 is 1.92 bits per heavy atom. The number of nitrogens with one attached hydrogen (secondary N) is 2. The monoisotopic (exact) mass is 525 g/mol. The van der Waals surface area contributed by atoms with Gasteiger partial charge in [0, 0.05) is 24.2 Å². The van der Waals surface area contributed by atoms with Crippen LogP contribution in [0.1, 0.15) is 39.4 Å². The fourth-order valence-corrected chi connectivity index (χ4v) is 3.61. The molecule has 39 heavy (non-hydrogen) atoms. The molecule has 202 valence electrons. The second kappa shape index (κ2) is 13.3. The second-order valence-electron chi connectivity index (χ2n) is 9.86. The van der Waals surface area contributed by atoms with Crippen LogP contribution in [0, 0.1) is 11.8 Å². The van der Waals surface area contributed by atoms with Gasteiger partial charge in [-0.25, -0.2) is 4.98 Å². The first kappa shape index (κ1) is 27.4. The summed E-state index contributed by atoms with van der Waals surface area (Å²) in [7, 11) is 0. The van der Waals surface area contributed by atoms with Crippen LogP contribution >= 0.6 is 0 Å². The van der Waals surface area contributed by atoms with E-state index in [-0.39, 0.29) is 6.54 Å². The third kappa shape index (κ3) is 7.70. The number of hydrogen-bond donors (Lipinski definition) is 3. The first-order chi connectivity index (χ1) is 18.9. The van der Waals surface area contributed by atoms with Gasteiger partial charge in [-0.3, -0.25) is 4.99 Å². The zero-order valence-corrected chi connectivity index (χ0v) is 22.8. The van der Waals surface area contributed by atoms with Gasteiger partial charge in [-0.15, -0.1) is 0 Å². The molecule has 0 saturated heterocycles. The molecule has 2 aromatic heterocycles. The number of nitrogens with zero attached hydrogens (tertiary/aromatic N) is 6. The van der Waals surface area contributed by atoms with Crippen LogP contribution in [0.25, 0.3) is 22.6 Å². The maximum Gasteiger partial charge on any atom is 0.228 e. The summed E-state index contributed by atoms with van der Waals surface area (Å²) in [6.07, 6.45) is 1.53. The van der Waals surface area contributed by atoms with Crippen molar-refractivity contribution in [3.05, 3.63) is 72.4 Å². The summed E-state index contributed by atoms with van der Waals surface area (Å²) in [5.41, 5.74) is 2.98. The number of hydrazone groups is 1. The molecule has 4 rings (SSSR count). The van der Waals surface area contributed by atoms with Crippen molar-refractivity contribution < 1.29 is 4.42 Å². The molecule has 0 aliphatic rings. The number of aliphatic imine (C=N–C) groups is 1. The van der Waals surface area contributed by atoms with Crippen molar-refractivity contribution in [2.24, 2.45) is 27.8 Å². The number of oxazole rings is 1. The van der Waals surface area contributed by atoms with Gasteiger partial charge in [0.25, 0.3) is 0 Å². The number of aromatic nitrogens is 4. The van der Waals surface area contributed by atoms with E-state index in [0.29, 0.717) is 60.0 Å². The maximum absolute atomic E-state index is 6.17. The smallest absolute Gasteiger partial charge is 0.228 e. The molecule has 4 aromatic rings. The lowest BCUT2D eigenvalue weighted by Gasteiger charge is -2.12. The summed E-state index contributed by atoms with van der Waals surface area (Å²) in [5, 5.41) is 10.4. The van der Waals surface area contributed by atoms with Gasteiger partial charge in [-0.2, -0.15) is 20.1 Å². The molecule has 0 amide bonds. The highest BCUT2D eigenvalue weighted by Gasteiger charge is 2.17. The van der Waals surface area contributed by atoms with Crippen LogP contribution in [0.2, 0.25) is 0 Å². The van der Waals surface area contributed by atoms with Crippen molar-refractivity contribution in [2.45, 2.75) is 34.2 Å². The molecule has 2 heterocycles. The molecule has 0 atom stereocenters. The first-order valence-corrected chi connectivity index (χ1v) is 13.0. The number of anilines is 2. The lowest BCUT2D eigenvalue weighted by molar-refractivity contribution is 0.510. The Morgan fingerprint density at radius 1 is 0.821 bits per heavy atom. The van der Waals surface area contributed by atoms with Gasteiger partial charge in [0.05, 0.1) is 6.21 Å². The molecule has 0 bridgehead atoms. The highest BCUT2D eigenvalue weighted by Crippen LogP contribution is 2.32. The van der Waals surface area contributed by atoms with E-state index in [0.717, 1.165) is 16.8 Å². The predicted molar refractivity (Wildman–Crippen MR) is 157 cm³/mol. The molecule has 4 N–H and O–H groups in total. The Bertz CT molecular complexity index is 1310. The quantitative estimate of drug-likeness (QED) is 0.129. The van der Waals surface area contributed by atoms with Gasteiger partial charge in [-0.05, 0) is 11.8 Å². The van der Waals surface area contributed by atoms with E-state index in [1.165, 1.54) is 6.21 Å². The maximum atomic E-state index is 6.17. The van der Waals surface area contributed by atoms with Crippen molar-refractivity contribution in [3.63, 3.8) is 0 Å². The first-order valence-electron chi connectivity index (χ1n) is 13.0. The normalized spacial score (nSPS) is 12.0. The van der Waals surface area contributed by atoms with Crippen molar-refractivity contribution >= 4 is 23.8 Å². The minimum atomic E-state index is 0.188.